The summed E-state index contributed by atoms with van der Waals surface area (Å²) in [5.74, 6) is -1.45. The van der Waals surface area contributed by atoms with Gasteiger partial charge in [-0.15, -0.1) is 0 Å². The Morgan fingerprint density at radius 2 is 1.67 bits per heavy atom. The highest BCUT2D eigenvalue weighted by molar-refractivity contribution is 8.04. The van der Waals surface area contributed by atoms with E-state index >= 15 is 0 Å². The molecule has 36 heavy (non-hydrogen) atoms. The molecule has 0 aliphatic carbocycles. The first-order valence-electron chi connectivity index (χ1n) is 11.2. The van der Waals surface area contributed by atoms with Gasteiger partial charge in [0, 0.05) is 20.6 Å². The number of rotatable bonds is 9. The molecule has 0 saturated heterocycles. The second-order valence-electron chi connectivity index (χ2n) is 7.88. The summed E-state index contributed by atoms with van der Waals surface area (Å²) in [7, 11) is 0. The monoisotopic (exact) mass is 540 g/mol. The highest BCUT2D eigenvalue weighted by Crippen LogP contribution is 2.38. The van der Waals surface area contributed by atoms with Crippen LogP contribution in [0.1, 0.15) is 30.1 Å². The van der Waals surface area contributed by atoms with Crippen molar-refractivity contribution < 1.29 is 19.1 Å². The van der Waals surface area contributed by atoms with Gasteiger partial charge in [-0.1, -0.05) is 54.4 Å². The molecule has 1 N–H and O–H groups in total. The number of nitrogens with zero attached hydrogens (tertiary/aromatic N) is 1. The van der Waals surface area contributed by atoms with Crippen LogP contribution in [-0.4, -0.2) is 24.4 Å². The van der Waals surface area contributed by atoms with Gasteiger partial charge in [-0.3, -0.25) is 9.59 Å². The van der Waals surface area contributed by atoms with E-state index in [2.05, 4.69) is 5.32 Å². The lowest BCUT2D eigenvalue weighted by Gasteiger charge is -2.16. The zero-order chi connectivity index (χ0) is 25.7. The third-order valence-electron chi connectivity index (χ3n) is 5.26. The third-order valence-corrected chi connectivity index (χ3v) is 6.84. The van der Waals surface area contributed by atoms with Crippen molar-refractivity contribution in [2.45, 2.75) is 24.7 Å². The summed E-state index contributed by atoms with van der Waals surface area (Å²) in [4.78, 5) is 41.3. The Hall–Kier alpha value is -3.26. The van der Waals surface area contributed by atoms with Crippen LogP contribution in [0.2, 0.25) is 10.0 Å². The second-order valence-corrected chi connectivity index (χ2v) is 9.83. The molecular formula is C27H22Cl2N2O4S. The van der Waals surface area contributed by atoms with E-state index in [4.69, 9.17) is 27.9 Å². The van der Waals surface area contributed by atoms with Gasteiger partial charge in [-0.2, -0.15) is 0 Å². The zero-order valence-electron chi connectivity index (χ0n) is 19.3. The number of unbranched alkanes of at least 4 members (excludes halogenated alkanes) is 1. The van der Waals surface area contributed by atoms with Crippen LogP contribution in [0.5, 0.6) is 0 Å². The maximum absolute atomic E-state index is 13.5. The Labute approximate surface area is 223 Å². The minimum Gasteiger partial charge on any atom is -0.462 e. The Balaban J connectivity index is 1.63. The Morgan fingerprint density at radius 3 is 2.33 bits per heavy atom. The van der Waals surface area contributed by atoms with Gasteiger partial charge in [-0.05, 0) is 73.2 Å². The predicted molar refractivity (Wildman–Crippen MR) is 144 cm³/mol. The van der Waals surface area contributed by atoms with E-state index in [0.29, 0.717) is 33.6 Å². The number of esters is 1. The quantitative estimate of drug-likeness (QED) is 0.180. The van der Waals surface area contributed by atoms with Gasteiger partial charge in [0.2, 0.25) is 0 Å². The molecule has 0 unspecified atom stereocenters. The largest absolute Gasteiger partial charge is 0.462 e. The summed E-state index contributed by atoms with van der Waals surface area (Å²) in [6, 6.07) is 20.0. The zero-order valence-corrected chi connectivity index (χ0v) is 21.6. The van der Waals surface area contributed by atoms with Crippen molar-refractivity contribution in [1.82, 2.24) is 0 Å². The molecule has 3 aromatic rings. The molecule has 6 nitrogen and oxygen atoms in total. The normalized spacial score (nSPS) is 13.4. The lowest BCUT2D eigenvalue weighted by Crippen LogP contribution is -2.32. The van der Waals surface area contributed by atoms with Crippen molar-refractivity contribution in [2.24, 2.45) is 0 Å². The fourth-order valence-electron chi connectivity index (χ4n) is 3.42. The number of carbonyl (C=O) groups excluding carboxylic acids is 3. The molecule has 1 aliphatic rings. The summed E-state index contributed by atoms with van der Waals surface area (Å²) in [6.07, 6.45) is 1.70. The smallest absolute Gasteiger partial charge is 0.338 e. The number of hydrogen-bond donors (Lipinski definition) is 1. The Bertz CT molecular complexity index is 1320. The molecule has 1 aliphatic heterocycles. The average Bonchev–Trinajstić information content (AvgIpc) is 3.09. The maximum atomic E-state index is 13.5. The number of imide groups is 1. The summed E-state index contributed by atoms with van der Waals surface area (Å²) in [5.41, 5.74) is 1.38. The van der Waals surface area contributed by atoms with Gasteiger partial charge >= 0.3 is 5.97 Å². The average molecular weight is 541 g/mol. The van der Waals surface area contributed by atoms with Gasteiger partial charge in [0.05, 0.1) is 17.9 Å². The highest BCUT2D eigenvalue weighted by Gasteiger charge is 2.40. The van der Waals surface area contributed by atoms with Crippen molar-refractivity contribution >= 4 is 64.1 Å². The summed E-state index contributed by atoms with van der Waals surface area (Å²) >= 11 is 13.3. The number of benzene rings is 3. The molecule has 0 bridgehead atoms. The van der Waals surface area contributed by atoms with Gasteiger partial charge in [0.25, 0.3) is 11.8 Å². The molecule has 0 aromatic heterocycles. The number of carbonyl (C=O) groups is 3. The van der Waals surface area contributed by atoms with Crippen molar-refractivity contribution in [1.29, 1.82) is 0 Å². The van der Waals surface area contributed by atoms with Crippen LogP contribution < -0.4 is 10.2 Å². The minimum absolute atomic E-state index is 0.130. The number of nitrogens with one attached hydrogen (secondary N) is 1. The topological polar surface area (TPSA) is 75.7 Å². The first kappa shape index (κ1) is 25.8. The van der Waals surface area contributed by atoms with E-state index in [1.54, 1.807) is 72.8 Å². The van der Waals surface area contributed by atoms with Crippen LogP contribution in [0.25, 0.3) is 0 Å². The van der Waals surface area contributed by atoms with Crippen LogP contribution in [-0.2, 0) is 14.3 Å². The fraction of sp³-hybridized carbons (Fsp3) is 0.148. The van der Waals surface area contributed by atoms with Gasteiger partial charge in [0.15, 0.2) is 0 Å². The molecule has 4 rings (SSSR count). The molecule has 2 amide bonds. The van der Waals surface area contributed by atoms with E-state index in [0.717, 1.165) is 34.4 Å². The van der Waals surface area contributed by atoms with E-state index in [1.807, 2.05) is 6.92 Å². The van der Waals surface area contributed by atoms with E-state index in [1.165, 1.54) is 0 Å². The lowest BCUT2D eigenvalue weighted by molar-refractivity contribution is -0.120. The summed E-state index contributed by atoms with van der Waals surface area (Å²) in [6.45, 7) is 2.35. The van der Waals surface area contributed by atoms with Crippen molar-refractivity contribution in [3.8, 4) is 0 Å². The van der Waals surface area contributed by atoms with Crippen molar-refractivity contribution in [2.75, 3.05) is 16.8 Å². The molecule has 0 radical (unpaired) electrons. The van der Waals surface area contributed by atoms with E-state index in [9.17, 15) is 14.4 Å². The minimum atomic E-state index is -0.519. The van der Waals surface area contributed by atoms with E-state index in [-0.39, 0.29) is 10.6 Å². The molecule has 1 heterocycles. The second kappa shape index (κ2) is 11.6. The number of ether oxygens (including phenoxy) is 1. The van der Waals surface area contributed by atoms with Crippen LogP contribution in [0, 0.1) is 0 Å². The lowest BCUT2D eigenvalue weighted by atomic mass is 10.2. The molecule has 3 aromatic carbocycles. The Kier molecular flexibility index (Phi) is 8.36. The number of thioether (sulfide) groups is 1. The van der Waals surface area contributed by atoms with E-state index < -0.39 is 17.8 Å². The first-order chi connectivity index (χ1) is 17.4. The van der Waals surface area contributed by atoms with Crippen LogP contribution in [0.15, 0.2) is 88.3 Å². The molecule has 184 valence electrons. The molecule has 9 heteroatoms. The molecule has 0 atom stereocenters. The number of amides is 2. The van der Waals surface area contributed by atoms with Crippen molar-refractivity contribution in [3.05, 3.63) is 99.0 Å². The highest BCUT2D eigenvalue weighted by atomic mass is 35.5. The molecule has 0 saturated carbocycles. The summed E-state index contributed by atoms with van der Waals surface area (Å²) in [5, 5.41) is 4.12. The Morgan fingerprint density at radius 1 is 0.944 bits per heavy atom. The van der Waals surface area contributed by atoms with Gasteiger partial charge in [0.1, 0.15) is 10.6 Å². The third kappa shape index (κ3) is 5.93. The van der Waals surface area contributed by atoms with Crippen LogP contribution in [0.3, 0.4) is 0 Å². The number of hydrogen-bond acceptors (Lipinski definition) is 6. The molecule has 0 fully saturated rings. The number of anilines is 2. The standard InChI is InChI=1S/C27H22Cl2N2O4S/c1-2-3-15-35-27(34)17-7-11-21(12-8-17)31-25(32)23(30-20-6-4-5-19(29)16-20)24(26(31)33)36-22-13-9-18(28)10-14-22/h4-14,16,30H,2-3,15H2,1H3. The van der Waals surface area contributed by atoms with Crippen LogP contribution in [0.4, 0.5) is 11.4 Å². The maximum Gasteiger partial charge on any atom is 0.338 e. The van der Waals surface area contributed by atoms with Crippen LogP contribution >= 0.6 is 35.0 Å². The fourth-order valence-corrected chi connectivity index (χ4v) is 4.66. The number of halogens is 2. The molecule has 0 spiro atoms. The summed E-state index contributed by atoms with van der Waals surface area (Å²) < 4.78 is 5.23. The van der Waals surface area contributed by atoms with Gasteiger partial charge < -0.3 is 10.1 Å². The van der Waals surface area contributed by atoms with Gasteiger partial charge in [-0.25, -0.2) is 9.69 Å². The molecular weight excluding hydrogens is 519 g/mol. The SMILES string of the molecule is CCCCOC(=O)c1ccc(N2C(=O)C(Nc3cccc(Cl)c3)=C(Sc3ccc(Cl)cc3)C2=O)cc1. The first-order valence-corrected chi connectivity index (χ1v) is 12.8. The van der Waals surface area contributed by atoms with Crippen molar-refractivity contribution in [3.63, 3.8) is 0 Å². The predicted octanol–water partition coefficient (Wildman–Crippen LogP) is 6.94.